The molecule has 0 radical (unpaired) electrons. The summed E-state index contributed by atoms with van der Waals surface area (Å²) in [5.74, 6) is 0.380. The monoisotopic (exact) mass is 342 g/mol. The predicted molar refractivity (Wildman–Crippen MR) is 94.5 cm³/mol. The number of ether oxygens (including phenoxy) is 2. The lowest BCUT2D eigenvalue weighted by atomic mass is 10.1. The van der Waals surface area contributed by atoms with Gasteiger partial charge in [-0.15, -0.1) is 0 Å². The van der Waals surface area contributed by atoms with Crippen LogP contribution in [-0.2, 0) is 17.7 Å². The first-order chi connectivity index (χ1) is 12.1. The second-order valence-electron chi connectivity index (χ2n) is 5.30. The molecule has 25 heavy (non-hydrogen) atoms. The van der Waals surface area contributed by atoms with Gasteiger partial charge in [-0.05, 0) is 35.7 Å². The number of benzene rings is 2. The Hall–Kier alpha value is -3.02. The van der Waals surface area contributed by atoms with Gasteiger partial charge < -0.3 is 20.1 Å². The zero-order chi connectivity index (χ0) is 18.1. The number of hydrogen-bond donors (Lipinski definition) is 2. The van der Waals surface area contributed by atoms with Crippen LogP contribution in [0.5, 0.6) is 5.75 Å². The van der Waals surface area contributed by atoms with Crippen LogP contribution < -0.4 is 15.4 Å². The van der Waals surface area contributed by atoms with Gasteiger partial charge in [0.1, 0.15) is 5.75 Å². The highest BCUT2D eigenvalue weighted by atomic mass is 16.5. The van der Waals surface area contributed by atoms with Gasteiger partial charge in [0.05, 0.1) is 12.7 Å². The minimum absolute atomic E-state index is 0.0874. The summed E-state index contributed by atoms with van der Waals surface area (Å²) < 4.78 is 10.2. The Morgan fingerprint density at radius 2 is 1.72 bits per heavy atom. The SMILES string of the molecule is CCc1ccccc1OCNC(=O)NCc1ccc(C(=O)OC)cc1. The molecule has 0 heterocycles. The highest BCUT2D eigenvalue weighted by Crippen LogP contribution is 2.17. The lowest BCUT2D eigenvalue weighted by molar-refractivity contribution is 0.0600. The second kappa shape index (κ2) is 9.32. The van der Waals surface area contributed by atoms with Crippen LogP contribution in [0.15, 0.2) is 48.5 Å². The summed E-state index contributed by atoms with van der Waals surface area (Å²) in [6.45, 7) is 2.48. The van der Waals surface area contributed by atoms with E-state index in [9.17, 15) is 9.59 Å². The van der Waals surface area contributed by atoms with Crippen LogP contribution >= 0.6 is 0 Å². The van der Waals surface area contributed by atoms with E-state index >= 15 is 0 Å². The molecule has 0 saturated heterocycles. The van der Waals surface area contributed by atoms with Crippen molar-refractivity contribution >= 4 is 12.0 Å². The Balaban J connectivity index is 1.74. The van der Waals surface area contributed by atoms with Crippen molar-refractivity contribution in [1.29, 1.82) is 0 Å². The molecule has 0 aromatic heterocycles. The maximum absolute atomic E-state index is 11.8. The zero-order valence-corrected chi connectivity index (χ0v) is 14.4. The zero-order valence-electron chi connectivity index (χ0n) is 14.4. The first kappa shape index (κ1) is 18.3. The largest absolute Gasteiger partial charge is 0.473 e. The van der Waals surface area contributed by atoms with E-state index in [1.807, 2.05) is 31.2 Å². The quantitative estimate of drug-likeness (QED) is 0.599. The molecule has 0 atom stereocenters. The van der Waals surface area contributed by atoms with Crippen LogP contribution in [0.1, 0.15) is 28.4 Å². The molecule has 2 amide bonds. The van der Waals surface area contributed by atoms with Crippen molar-refractivity contribution in [2.24, 2.45) is 0 Å². The minimum atomic E-state index is -0.387. The van der Waals surface area contributed by atoms with Crippen molar-refractivity contribution in [3.63, 3.8) is 0 Å². The average Bonchev–Trinajstić information content (AvgIpc) is 2.66. The minimum Gasteiger partial charge on any atom is -0.473 e. The van der Waals surface area contributed by atoms with Crippen LogP contribution in [0, 0.1) is 0 Å². The molecule has 6 nitrogen and oxygen atoms in total. The summed E-state index contributed by atoms with van der Waals surface area (Å²) in [5, 5.41) is 5.38. The van der Waals surface area contributed by atoms with E-state index in [0.29, 0.717) is 12.1 Å². The molecule has 2 rings (SSSR count). The van der Waals surface area contributed by atoms with Crippen molar-refractivity contribution in [3.05, 3.63) is 65.2 Å². The Morgan fingerprint density at radius 1 is 1.00 bits per heavy atom. The van der Waals surface area contributed by atoms with Gasteiger partial charge in [-0.3, -0.25) is 0 Å². The van der Waals surface area contributed by atoms with Gasteiger partial charge >= 0.3 is 12.0 Å². The predicted octanol–water partition coefficient (Wildman–Crippen LogP) is 2.87. The summed E-state index contributed by atoms with van der Waals surface area (Å²) in [4.78, 5) is 23.2. The summed E-state index contributed by atoms with van der Waals surface area (Å²) >= 11 is 0. The normalized spacial score (nSPS) is 10.0. The standard InChI is InChI=1S/C19H22N2O4/c1-3-15-6-4-5-7-17(15)25-13-21-19(23)20-12-14-8-10-16(11-9-14)18(22)24-2/h4-11H,3,12-13H2,1-2H3,(H2,20,21,23). The number of aryl methyl sites for hydroxylation is 1. The molecule has 0 aliphatic carbocycles. The van der Waals surface area contributed by atoms with Crippen LogP contribution in [-0.4, -0.2) is 25.8 Å². The van der Waals surface area contributed by atoms with Crippen molar-refractivity contribution in [3.8, 4) is 5.75 Å². The van der Waals surface area contributed by atoms with Gasteiger partial charge in [-0.25, -0.2) is 9.59 Å². The van der Waals surface area contributed by atoms with E-state index in [1.54, 1.807) is 24.3 Å². The first-order valence-electron chi connectivity index (χ1n) is 8.03. The van der Waals surface area contributed by atoms with E-state index in [0.717, 1.165) is 23.3 Å². The molecule has 6 heteroatoms. The fourth-order valence-electron chi connectivity index (χ4n) is 2.24. The number of carbonyl (C=O) groups is 2. The molecule has 0 spiro atoms. The number of para-hydroxylation sites is 1. The number of esters is 1. The van der Waals surface area contributed by atoms with Crippen LogP contribution in [0.3, 0.4) is 0 Å². The first-order valence-corrected chi connectivity index (χ1v) is 8.03. The third-order valence-electron chi connectivity index (χ3n) is 3.64. The molecule has 0 fully saturated rings. The molecule has 132 valence electrons. The van der Waals surface area contributed by atoms with Gasteiger partial charge in [-0.2, -0.15) is 0 Å². The number of rotatable bonds is 7. The van der Waals surface area contributed by atoms with E-state index in [1.165, 1.54) is 7.11 Å². The van der Waals surface area contributed by atoms with Crippen molar-refractivity contribution in [1.82, 2.24) is 10.6 Å². The number of amides is 2. The Bertz CT molecular complexity index is 714. The number of nitrogens with one attached hydrogen (secondary N) is 2. The Kier molecular flexibility index (Phi) is 6.83. The number of urea groups is 1. The van der Waals surface area contributed by atoms with Crippen LogP contribution in [0.4, 0.5) is 4.79 Å². The fourth-order valence-corrected chi connectivity index (χ4v) is 2.24. The van der Waals surface area contributed by atoms with Crippen molar-refractivity contribution in [2.45, 2.75) is 19.9 Å². The molecule has 0 aliphatic heterocycles. The molecule has 0 bridgehead atoms. The maximum atomic E-state index is 11.8. The summed E-state index contributed by atoms with van der Waals surface area (Å²) in [5.41, 5.74) is 2.44. The van der Waals surface area contributed by atoms with Gasteiger partial charge in [0, 0.05) is 6.54 Å². The van der Waals surface area contributed by atoms with Gasteiger partial charge in [0.15, 0.2) is 6.73 Å². The molecular weight excluding hydrogens is 320 g/mol. The number of hydrogen-bond acceptors (Lipinski definition) is 4. The van der Waals surface area contributed by atoms with Gasteiger partial charge in [-0.1, -0.05) is 37.3 Å². The molecule has 0 aliphatic rings. The van der Waals surface area contributed by atoms with E-state index < -0.39 is 0 Å². The summed E-state index contributed by atoms with van der Waals surface area (Å²) in [7, 11) is 1.34. The van der Waals surface area contributed by atoms with E-state index in [2.05, 4.69) is 15.4 Å². The van der Waals surface area contributed by atoms with Crippen molar-refractivity contribution < 1.29 is 19.1 Å². The topological polar surface area (TPSA) is 76.7 Å². The molecule has 2 aromatic carbocycles. The Labute approximate surface area is 147 Å². The average molecular weight is 342 g/mol. The maximum Gasteiger partial charge on any atom is 0.337 e. The smallest absolute Gasteiger partial charge is 0.337 e. The van der Waals surface area contributed by atoms with E-state index in [4.69, 9.17) is 4.74 Å². The third-order valence-corrected chi connectivity index (χ3v) is 3.64. The van der Waals surface area contributed by atoms with Gasteiger partial charge in [0.25, 0.3) is 0 Å². The molecular formula is C19H22N2O4. The summed E-state index contributed by atoms with van der Waals surface area (Å²) in [6.07, 6.45) is 0.865. The summed E-state index contributed by atoms with van der Waals surface area (Å²) in [6, 6.07) is 14.2. The third kappa shape index (κ3) is 5.53. The van der Waals surface area contributed by atoms with Gasteiger partial charge in [0.2, 0.25) is 0 Å². The number of methoxy groups -OCH3 is 1. The van der Waals surface area contributed by atoms with Crippen LogP contribution in [0.25, 0.3) is 0 Å². The highest BCUT2D eigenvalue weighted by molar-refractivity contribution is 5.89. The molecule has 0 unspecified atom stereocenters. The van der Waals surface area contributed by atoms with E-state index in [-0.39, 0.29) is 18.7 Å². The molecule has 2 N–H and O–H groups in total. The Morgan fingerprint density at radius 3 is 2.40 bits per heavy atom. The molecule has 2 aromatic rings. The van der Waals surface area contributed by atoms with Crippen LogP contribution in [0.2, 0.25) is 0 Å². The van der Waals surface area contributed by atoms with Crippen molar-refractivity contribution in [2.75, 3.05) is 13.8 Å². The highest BCUT2D eigenvalue weighted by Gasteiger charge is 2.06. The lowest BCUT2D eigenvalue weighted by Crippen LogP contribution is -2.37. The number of carbonyl (C=O) groups excluding carboxylic acids is 2. The fraction of sp³-hybridized carbons (Fsp3) is 0.263. The lowest BCUT2D eigenvalue weighted by Gasteiger charge is -2.12. The molecule has 0 saturated carbocycles. The second-order valence-corrected chi connectivity index (χ2v) is 5.30.